The van der Waals surface area contributed by atoms with E-state index in [2.05, 4.69) is 20.2 Å². The Morgan fingerprint density at radius 3 is 3.08 bits per heavy atom. The maximum atomic E-state index is 12.4. The molecule has 0 amide bonds. The Balaban J connectivity index is 1.73. The first-order valence-corrected chi connectivity index (χ1v) is 9.86. The van der Waals surface area contributed by atoms with Gasteiger partial charge in [0.1, 0.15) is 5.82 Å². The van der Waals surface area contributed by atoms with Crippen LogP contribution < -0.4 is 0 Å². The van der Waals surface area contributed by atoms with Gasteiger partial charge in [-0.05, 0) is 25.3 Å². The minimum Gasteiger partial charge on any atom is -0.345 e. The molecule has 0 aromatic carbocycles. The monoisotopic (exact) mass is 348 g/mol. The van der Waals surface area contributed by atoms with Crippen LogP contribution in [0.3, 0.4) is 0 Å². The Morgan fingerprint density at radius 2 is 2.25 bits per heavy atom. The molecule has 0 bridgehead atoms. The number of hydrogen-bond donors (Lipinski definition) is 1. The van der Waals surface area contributed by atoms with Gasteiger partial charge >= 0.3 is 0 Å². The first kappa shape index (κ1) is 15.5. The third kappa shape index (κ3) is 2.48. The molecule has 3 aromatic heterocycles. The van der Waals surface area contributed by atoms with Gasteiger partial charge in [-0.2, -0.15) is 0 Å². The van der Waals surface area contributed by atoms with E-state index in [1.54, 1.807) is 10.5 Å². The topological polar surface area (TPSA) is 96.2 Å². The number of piperidine rings is 1. The molecule has 1 saturated heterocycles. The van der Waals surface area contributed by atoms with E-state index < -0.39 is 10.0 Å². The summed E-state index contributed by atoms with van der Waals surface area (Å²) in [6.07, 6.45) is 5.90. The van der Waals surface area contributed by atoms with Crippen LogP contribution >= 0.6 is 0 Å². The Kier molecular flexibility index (Phi) is 3.76. The lowest BCUT2D eigenvalue weighted by molar-refractivity contribution is 0.308. The zero-order valence-corrected chi connectivity index (χ0v) is 14.3. The molecule has 128 valence electrons. The van der Waals surface area contributed by atoms with Crippen molar-refractivity contribution < 1.29 is 8.42 Å². The highest BCUT2D eigenvalue weighted by atomic mass is 32.2. The van der Waals surface area contributed by atoms with Crippen LogP contribution in [0.1, 0.15) is 37.9 Å². The molecule has 4 heterocycles. The third-order valence-corrected chi connectivity index (χ3v) is 6.61. The van der Waals surface area contributed by atoms with Crippen molar-refractivity contribution in [2.45, 2.75) is 32.1 Å². The second-order valence-electron chi connectivity index (χ2n) is 6.23. The number of aromatic amines is 1. The van der Waals surface area contributed by atoms with Crippen LogP contribution in [0.25, 0.3) is 16.8 Å². The largest absolute Gasteiger partial charge is 0.345 e. The van der Waals surface area contributed by atoms with E-state index in [0.29, 0.717) is 25.2 Å². The first-order valence-electron chi connectivity index (χ1n) is 8.25. The van der Waals surface area contributed by atoms with Crippen molar-refractivity contribution in [1.29, 1.82) is 0 Å². The normalized spacial score (nSPS) is 20.1. The van der Waals surface area contributed by atoms with Crippen molar-refractivity contribution in [3.05, 3.63) is 24.3 Å². The predicted octanol–water partition coefficient (Wildman–Crippen LogP) is 1.52. The fraction of sp³-hybridized carbons (Fsp3) is 0.533. The molecular formula is C15H20N6O2S. The Hall–Kier alpha value is -2.00. The summed E-state index contributed by atoms with van der Waals surface area (Å²) in [7, 11) is -3.18. The number of fused-ring (bicyclic) bond motifs is 3. The summed E-state index contributed by atoms with van der Waals surface area (Å²) >= 11 is 0. The summed E-state index contributed by atoms with van der Waals surface area (Å²) < 4.78 is 28.4. The van der Waals surface area contributed by atoms with Gasteiger partial charge in [-0.1, -0.05) is 6.92 Å². The van der Waals surface area contributed by atoms with Crippen molar-refractivity contribution >= 4 is 26.8 Å². The molecule has 1 aliphatic heterocycles. The highest BCUT2D eigenvalue weighted by Crippen LogP contribution is 2.29. The lowest BCUT2D eigenvalue weighted by Gasteiger charge is -2.31. The zero-order valence-electron chi connectivity index (χ0n) is 13.5. The average Bonchev–Trinajstić information content (AvgIpc) is 3.21. The van der Waals surface area contributed by atoms with Crippen molar-refractivity contribution in [2.75, 3.05) is 18.8 Å². The van der Waals surface area contributed by atoms with Crippen LogP contribution in [0.15, 0.2) is 18.5 Å². The average molecular weight is 348 g/mol. The molecule has 4 rings (SSSR count). The predicted molar refractivity (Wildman–Crippen MR) is 90.3 cm³/mol. The van der Waals surface area contributed by atoms with E-state index in [0.717, 1.165) is 29.8 Å². The lowest BCUT2D eigenvalue weighted by Crippen LogP contribution is -2.40. The maximum Gasteiger partial charge on any atom is 0.214 e. The van der Waals surface area contributed by atoms with Gasteiger partial charge in [0.15, 0.2) is 11.3 Å². The summed E-state index contributed by atoms with van der Waals surface area (Å²) in [4.78, 5) is 7.41. The van der Waals surface area contributed by atoms with Gasteiger partial charge in [-0.3, -0.25) is 4.40 Å². The van der Waals surface area contributed by atoms with Crippen molar-refractivity contribution in [2.24, 2.45) is 0 Å². The van der Waals surface area contributed by atoms with E-state index in [9.17, 15) is 8.42 Å². The summed E-state index contributed by atoms with van der Waals surface area (Å²) in [6.45, 7) is 2.95. The number of hydrogen-bond acceptors (Lipinski definition) is 5. The highest BCUT2D eigenvalue weighted by molar-refractivity contribution is 7.89. The van der Waals surface area contributed by atoms with Crippen molar-refractivity contribution in [3.8, 4) is 0 Å². The van der Waals surface area contributed by atoms with Gasteiger partial charge in [0, 0.05) is 25.2 Å². The van der Waals surface area contributed by atoms with Crippen LogP contribution in [-0.4, -0.2) is 56.1 Å². The van der Waals surface area contributed by atoms with Gasteiger partial charge in [0.25, 0.3) is 0 Å². The van der Waals surface area contributed by atoms with Gasteiger partial charge in [-0.25, -0.2) is 17.7 Å². The first-order chi connectivity index (χ1) is 11.6. The van der Waals surface area contributed by atoms with Gasteiger partial charge in [0.05, 0.1) is 17.5 Å². The molecule has 1 fully saturated rings. The third-order valence-electron chi connectivity index (χ3n) is 4.57. The van der Waals surface area contributed by atoms with E-state index in [1.807, 2.05) is 23.6 Å². The fourth-order valence-corrected chi connectivity index (χ4v) is 5.04. The molecule has 9 heteroatoms. The van der Waals surface area contributed by atoms with Crippen LogP contribution in [0, 0.1) is 0 Å². The minimum atomic E-state index is -3.18. The number of sulfonamides is 1. The van der Waals surface area contributed by atoms with E-state index in [-0.39, 0.29) is 11.7 Å². The van der Waals surface area contributed by atoms with E-state index in [1.165, 1.54) is 0 Å². The second kappa shape index (κ2) is 5.82. The maximum absolute atomic E-state index is 12.4. The number of rotatable bonds is 4. The molecule has 24 heavy (non-hydrogen) atoms. The molecule has 0 radical (unpaired) electrons. The summed E-state index contributed by atoms with van der Waals surface area (Å²) in [5, 5.41) is 8.56. The molecule has 0 aliphatic carbocycles. The number of H-pyrrole nitrogens is 1. The Morgan fingerprint density at radius 1 is 1.38 bits per heavy atom. The molecule has 0 spiro atoms. The van der Waals surface area contributed by atoms with E-state index >= 15 is 0 Å². The molecule has 3 aromatic rings. The second-order valence-corrected chi connectivity index (χ2v) is 8.32. The zero-order chi connectivity index (χ0) is 16.7. The molecule has 1 atom stereocenters. The van der Waals surface area contributed by atoms with Crippen LogP contribution in [0.5, 0.6) is 0 Å². The molecule has 1 N–H and O–H groups in total. The molecule has 8 nitrogen and oxygen atoms in total. The molecule has 0 saturated carbocycles. The van der Waals surface area contributed by atoms with Crippen LogP contribution in [0.4, 0.5) is 0 Å². The number of aromatic nitrogens is 5. The van der Waals surface area contributed by atoms with Crippen molar-refractivity contribution in [1.82, 2.24) is 28.9 Å². The molecular weight excluding hydrogens is 328 g/mol. The summed E-state index contributed by atoms with van der Waals surface area (Å²) in [5.41, 5.74) is 2.38. The lowest BCUT2D eigenvalue weighted by atomic mass is 9.99. The Bertz CT molecular complexity index is 976. The van der Waals surface area contributed by atoms with Crippen LogP contribution in [0.2, 0.25) is 0 Å². The standard InChI is InChI=1S/C15H20N6O2S/c1-2-8-24(22,23)20-7-3-4-11(10-20)15-19-18-13-9-17-14-12(21(13)15)5-6-16-14/h5-6,9,11,16H,2-4,7-8,10H2,1H3. The number of nitrogens with one attached hydrogen (secondary N) is 1. The number of nitrogens with zero attached hydrogens (tertiary/aromatic N) is 5. The van der Waals surface area contributed by atoms with Gasteiger partial charge in [0.2, 0.25) is 10.0 Å². The minimum absolute atomic E-state index is 0.0425. The van der Waals surface area contributed by atoms with Crippen molar-refractivity contribution in [3.63, 3.8) is 0 Å². The van der Waals surface area contributed by atoms with Gasteiger partial charge < -0.3 is 4.98 Å². The van der Waals surface area contributed by atoms with Gasteiger partial charge in [-0.15, -0.1) is 10.2 Å². The summed E-state index contributed by atoms with van der Waals surface area (Å²) in [5.74, 6) is 1.06. The quantitative estimate of drug-likeness (QED) is 0.771. The highest BCUT2D eigenvalue weighted by Gasteiger charge is 2.31. The fourth-order valence-electron chi connectivity index (χ4n) is 3.46. The van der Waals surface area contributed by atoms with Crippen LogP contribution in [-0.2, 0) is 10.0 Å². The SMILES string of the molecule is CCCS(=O)(=O)N1CCCC(c2nnc3cnc4[nH]ccc4n23)C1. The Labute approximate surface area is 140 Å². The summed E-state index contributed by atoms with van der Waals surface area (Å²) in [6, 6.07) is 1.94. The molecule has 1 aliphatic rings. The van der Waals surface area contributed by atoms with E-state index in [4.69, 9.17) is 0 Å². The smallest absolute Gasteiger partial charge is 0.214 e. The molecule has 1 unspecified atom stereocenters.